The first-order valence-corrected chi connectivity index (χ1v) is 6.18. The van der Waals surface area contributed by atoms with Crippen LogP contribution in [0.25, 0.3) is 0 Å². The van der Waals surface area contributed by atoms with E-state index < -0.39 is 0 Å². The average molecular weight is 300 g/mol. The van der Waals surface area contributed by atoms with Crippen LogP contribution >= 0.6 is 15.9 Å². The third-order valence-electron chi connectivity index (χ3n) is 2.73. The number of methoxy groups -OCH3 is 1. The van der Waals surface area contributed by atoms with Gasteiger partial charge in [0.15, 0.2) is 17.3 Å². The first-order chi connectivity index (χ1) is 8.19. The predicted molar refractivity (Wildman–Crippen MR) is 68.2 cm³/mol. The number of hydrogen-bond acceptors (Lipinski definition) is 4. The fourth-order valence-electron chi connectivity index (χ4n) is 1.92. The molecule has 17 heavy (non-hydrogen) atoms. The Kier molecular flexibility index (Phi) is 3.69. The van der Waals surface area contributed by atoms with Crippen LogP contribution in [0, 0.1) is 0 Å². The van der Waals surface area contributed by atoms with Crippen LogP contribution < -0.4 is 14.8 Å². The fourth-order valence-corrected chi connectivity index (χ4v) is 2.63. The van der Waals surface area contributed by atoms with E-state index in [1.807, 2.05) is 0 Å². The Morgan fingerprint density at radius 3 is 3.06 bits per heavy atom. The zero-order valence-electron chi connectivity index (χ0n) is 9.80. The molecule has 2 rings (SSSR count). The molecule has 0 fully saturated rings. The molecule has 0 atom stereocenters. The molecule has 0 bridgehead atoms. The standard InChI is InChI=1S/C12H14BrNO3/c1-14-6-9(15)8-5-10(16-2)12-7(11(8)13)3-4-17-12/h5,14H,3-4,6H2,1-2H3. The molecule has 0 saturated carbocycles. The van der Waals surface area contributed by atoms with Gasteiger partial charge in [-0.15, -0.1) is 0 Å². The maximum atomic E-state index is 11.9. The summed E-state index contributed by atoms with van der Waals surface area (Å²) >= 11 is 3.48. The molecule has 1 aromatic rings. The first-order valence-electron chi connectivity index (χ1n) is 5.39. The SMILES string of the molecule is CNCC(=O)c1cc(OC)c2c(c1Br)CCO2. The number of benzene rings is 1. The van der Waals surface area contributed by atoms with E-state index in [2.05, 4.69) is 21.2 Å². The quantitative estimate of drug-likeness (QED) is 0.861. The minimum absolute atomic E-state index is 0.0346. The Bertz CT molecular complexity index is 460. The highest BCUT2D eigenvalue weighted by Crippen LogP contribution is 2.42. The van der Waals surface area contributed by atoms with Gasteiger partial charge in [0.1, 0.15) is 0 Å². The summed E-state index contributed by atoms with van der Waals surface area (Å²) in [6, 6.07) is 1.73. The molecular formula is C12H14BrNO3. The number of fused-ring (bicyclic) bond motifs is 1. The number of likely N-dealkylation sites (N-methyl/N-ethyl adjacent to an activating group) is 1. The summed E-state index contributed by atoms with van der Waals surface area (Å²) in [6.45, 7) is 0.940. The highest BCUT2D eigenvalue weighted by atomic mass is 79.9. The van der Waals surface area contributed by atoms with Crippen molar-refractivity contribution in [3.63, 3.8) is 0 Å². The minimum Gasteiger partial charge on any atom is -0.493 e. The van der Waals surface area contributed by atoms with Crippen molar-refractivity contribution in [1.82, 2.24) is 5.32 Å². The largest absolute Gasteiger partial charge is 0.493 e. The first kappa shape index (κ1) is 12.4. The van der Waals surface area contributed by atoms with Gasteiger partial charge in [-0.1, -0.05) is 0 Å². The summed E-state index contributed by atoms with van der Waals surface area (Å²) in [5.41, 5.74) is 1.66. The number of carbonyl (C=O) groups excluding carboxylic acids is 1. The highest BCUT2D eigenvalue weighted by molar-refractivity contribution is 9.10. The molecule has 1 aromatic carbocycles. The van der Waals surface area contributed by atoms with Crippen molar-refractivity contribution in [2.24, 2.45) is 0 Å². The molecule has 0 radical (unpaired) electrons. The lowest BCUT2D eigenvalue weighted by Gasteiger charge is -2.12. The zero-order valence-corrected chi connectivity index (χ0v) is 11.4. The summed E-state index contributed by atoms with van der Waals surface area (Å²) in [4.78, 5) is 11.9. The number of Topliss-reactive ketones (excluding diaryl/α,β-unsaturated/α-hetero) is 1. The monoisotopic (exact) mass is 299 g/mol. The lowest BCUT2D eigenvalue weighted by molar-refractivity contribution is 0.0992. The molecule has 1 aliphatic heterocycles. The topological polar surface area (TPSA) is 47.6 Å². The second kappa shape index (κ2) is 5.06. The van der Waals surface area contributed by atoms with Gasteiger partial charge >= 0.3 is 0 Å². The number of halogens is 1. The van der Waals surface area contributed by atoms with Crippen LogP contribution in [0.15, 0.2) is 10.5 Å². The predicted octanol–water partition coefficient (Wildman–Crippen LogP) is 1.79. The smallest absolute Gasteiger partial charge is 0.177 e. The molecule has 5 heteroatoms. The Labute approximate surface area is 108 Å². The van der Waals surface area contributed by atoms with Gasteiger partial charge in [-0.25, -0.2) is 0 Å². The molecule has 1 heterocycles. The van der Waals surface area contributed by atoms with Crippen LogP contribution in [0.2, 0.25) is 0 Å². The van der Waals surface area contributed by atoms with E-state index in [9.17, 15) is 4.79 Å². The lowest BCUT2D eigenvalue weighted by atomic mass is 10.0. The van der Waals surface area contributed by atoms with Gasteiger partial charge in [0.05, 0.1) is 20.3 Å². The van der Waals surface area contributed by atoms with Crippen molar-refractivity contribution in [1.29, 1.82) is 0 Å². The van der Waals surface area contributed by atoms with Crippen LogP contribution in [-0.4, -0.2) is 33.1 Å². The molecule has 4 nitrogen and oxygen atoms in total. The second-order valence-electron chi connectivity index (χ2n) is 3.80. The molecular weight excluding hydrogens is 286 g/mol. The summed E-state index contributed by atoms with van der Waals surface area (Å²) < 4.78 is 11.6. The summed E-state index contributed by atoms with van der Waals surface area (Å²) in [7, 11) is 3.33. The molecule has 0 amide bonds. The normalized spacial score (nSPS) is 13.1. The van der Waals surface area contributed by atoms with E-state index in [0.29, 0.717) is 24.5 Å². The Balaban J connectivity index is 2.50. The van der Waals surface area contributed by atoms with E-state index in [4.69, 9.17) is 9.47 Å². The van der Waals surface area contributed by atoms with Gasteiger partial charge in [-0.05, 0) is 29.0 Å². The van der Waals surface area contributed by atoms with Crippen molar-refractivity contribution in [2.75, 3.05) is 27.3 Å². The maximum absolute atomic E-state index is 11.9. The van der Waals surface area contributed by atoms with Crippen LogP contribution in [0.5, 0.6) is 11.5 Å². The van der Waals surface area contributed by atoms with Gasteiger partial charge in [0.2, 0.25) is 0 Å². The van der Waals surface area contributed by atoms with Crippen molar-refractivity contribution >= 4 is 21.7 Å². The van der Waals surface area contributed by atoms with E-state index in [-0.39, 0.29) is 5.78 Å². The van der Waals surface area contributed by atoms with E-state index >= 15 is 0 Å². The van der Waals surface area contributed by atoms with Crippen LogP contribution in [0.4, 0.5) is 0 Å². The molecule has 0 spiro atoms. The average Bonchev–Trinajstić information content (AvgIpc) is 2.79. The van der Waals surface area contributed by atoms with E-state index in [0.717, 1.165) is 22.2 Å². The number of nitrogens with one attached hydrogen (secondary N) is 1. The van der Waals surface area contributed by atoms with Gasteiger partial charge < -0.3 is 14.8 Å². The molecule has 92 valence electrons. The fraction of sp³-hybridized carbons (Fsp3) is 0.417. The molecule has 0 saturated heterocycles. The number of carbonyl (C=O) groups is 1. The molecule has 0 aliphatic carbocycles. The van der Waals surface area contributed by atoms with Gasteiger partial charge in [-0.2, -0.15) is 0 Å². The number of rotatable bonds is 4. The van der Waals surface area contributed by atoms with E-state index in [1.54, 1.807) is 20.2 Å². The third kappa shape index (κ3) is 2.17. The van der Waals surface area contributed by atoms with Crippen LogP contribution in [0.1, 0.15) is 15.9 Å². The van der Waals surface area contributed by atoms with Gasteiger partial charge in [-0.3, -0.25) is 4.79 Å². The van der Waals surface area contributed by atoms with Crippen molar-refractivity contribution in [3.05, 3.63) is 21.7 Å². The van der Waals surface area contributed by atoms with Crippen molar-refractivity contribution in [3.8, 4) is 11.5 Å². The van der Waals surface area contributed by atoms with Crippen LogP contribution in [0.3, 0.4) is 0 Å². The summed E-state index contributed by atoms with van der Waals surface area (Å²) in [6.07, 6.45) is 0.799. The second-order valence-corrected chi connectivity index (χ2v) is 4.59. The molecule has 0 aromatic heterocycles. The summed E-state index contributed by atoms with van der Waals surface area (Å²) in [5, 5.41) is 2.86. The molecule has 1 N–H and O–H groups in total. The number of hydrogen-bond donors (Lipinski definition) is 1. The third-order valence-corrected chi connectivity index (χ3v) is 3.64. The molecule has 1 aliphatic rings. The van der Waals surface area contributed by atoms with Gasteiger partial charge in [0.25, 0.3) is 0 Å². The summed E-state index contributed by atoms with van der Waals surface area (Å²) in [5.74, 6) is 1.41. The van der Waals surface area contributed by atoms with Crippen LogP contribution in [-0.2, 0) is 6.42 Å². The maximum Gasteiger partial charge on any atom is 0.177 e. The van der Waals surface area contributed by atoms with Gasteiger partial charge in [0, 0.05) is 22.0 Å². The molecule has 0 unspecified atom stereocenters. The number of ether oxygens (including phenoxy) is 2. The Morgan fingerprint density at radius 1 is 1.65 bits per heavy atom. The van der Waals surface area contributed by atoms with E-state index in [1.165, 1.54) is 0 Å². The Hall–Kier alpha value is -1.07. The number of ketones is 1. The lowest BCUT2D eigenvalue weighted by Crippen LogP contribution is -2.19. The Morgan fingerprint density at radius 2 is 2.41 bits per heavy atom. The zero-order chi connectivity index (χ0) is 12.4. The highest BCUT2D eigenvalue weighted by Gasteiger charge is 2.25. The van der Waals surface area contributed by atoms with Crippen molar-refractivity contribution < 1.29 is 14.3 Å². The van der Waals surface area contributed by atoms with Crippen molar-refractivity contribution in [2.45, 2.75) is 6.42 Å². The minimum atomic E-state index is 0.0346.